The summed E-state index contributed by atoms with van der Waals surface area (Å²) in [4.78, 5) is 14.8. The van der Waals surface area contributed by atoms with Gasteiger partial charge >= 0.3 is 0 Å². The van der Waals surface area contributed by atoms with Crippen LogP contribution in [0.1, 0.15) is 18.9 Å². The molecular formula is C22H27ClN6. The molecule has 3 aromatic rings. The number of pyridine rings is 1. The van der Waals surface area contributed by atoms with Crippen molar-refractivity contribution in [3.8, 4) is 0 Å². The minimum atomic E-state index is 0.318. The highest BCUT2D eigenvalue weighted by Gasteiger charge is 2.25. The molecule has 2 aromatic heterocycles. The van der Waals surface area contributed by atoms with Crippen LogP contribution < -0.4 is 15.5 Å². The van der Waals surface area contributed by atoms with Gasteiger partial charge in [-0.25, -0.2) is 4.98 Å². The van der Waals surface area contributed by atoms with Gasteiger partial charge in [-0.1, -0.05) is 29.8 Å². The molecule has 1 aliphatic rings. The minimum absolute atomic E-state index is 0.318. The molecule has 3 N–H and O–H groups in total. The third kappa shape index (κ3) is 4.65. The lowest BCUT2D eigenvalue weighted by Crippen LogP contribution is -2.44. The van der Waals surface area contributed by atoms with Crippen molar-refractivity contribution in [2.45, 2.75) is 25.8 Å². The SMILES string of the molecule is CCNC(=NCCc1c[nH]c2ccccc12)NC1CCN(c2ncccc2Cl)C1. The van der Waals surface area contributed by atoms with Crippen molar-refractivity contribution in [1.29, 1.82) is 0 Å². The maximum atomic E-state index is 6.30. The summed E-state index contributed by atoms with van der Waals surface area (Å²) in [7, 11) is 0. The van der Waals surface area contributed by atoms with Gasteiger partial charge in [0.2, 0.25) is 0 Å². The van der Waals surface area contributed by atoms with Crippen LogP contribution in [0.4, 0.5) is 5.82 Å². The van der Waals surface area contributed by atoms with Gasteiger partial charge in [-0.05, 0) is 43.5 Å². The van der Waals surface area contributed by atoms with E-state index < -0.39 is 0 Å². The second-order valence-corrected chi connectivity index (χ2v) is 7.66. The van der Waals surface area contributed by atoms with Crippen LogP contribution >= 0.6 is 11.6 Å². The lowest BCUT2D eigenvalue weighted by atomic mass is 10.1. The molecule has 0 bridgehead atoms. The normalized spacial score (nSPS) is 17.1. The van der Waals surface area contributed by atoms with E-state index in [-0.39, 0.29) is 0 Å². The number of fused-ring (bicyclic) bond motifs is 1. The standard InChI is InChI=1S/C22H27ClN6/c1-2-24-22(26-12-9-16-14-27-20-8-4-3-6-18(16)20)28-17-10-13-29(15-17)21-19(23)7-5-11-25-21/h3-8,11,14,17,27H,2,9-10,12-13,15H2,1H3,(H2,24,26,28). The Bertz CT molecular complexity index is 982. The van der Waals surface area contributed by atoms with Crippen molar-refractivity contribution in [3.05, 3.63) is 59.4 Å². The van der Waals surface area contributed by atoms with Crippen LogP contribution in [-0.2, 0) is 6.42 Å². The van der Waals surface area contributed by atoms with Gasteiger partial charge < -0.3 is 20.5 Å². The number of aromatic nitrogens is 2. The Labute approximate surface area is 176 Å². The second kappa shape index (κ2) is 9.18. The first-order valence-corrected chi connectivity index (χ1v) is 10.6. The number of nitrogens with zero attached hydrogens (tertiary/aromatic N) is 3. The highest BCUT2D eigenvalue weighted by atomic mass is 35.5. The van der Waals surface area contributed by atoms with E-state index in [1.165, 1.54) is 16.5 Å². The molecule has 4 rings (SSSR count). The van der Waals surface area contributed by atoms with E-state index in [1.807, 2.05) is 12.1 Å². The summed E-state index contributed by atoms with van der Waals surface area (Å²) in [6, 6.07) is 12.5. The molecule has 1 aliphatic heterocycles. The molecule has 6 nitrogen and oxygen atoms in total. The summed E-state index contributed by atoms with van der Waals surface area (Å²) in [5.74, 6) is 1.73. The highest BCUT2D eigenvalue weighted by molar-refractivity contribution is 6.32. The molecule has 0 spiro atoms. The zero-order valence-electron chi connectivity index (χ0n) is 16.7. The Morgan fingerprint density at radius 3 is 3.07 bits per heavy atom. The van der Waals surface area contributed by atoms with E-state index in [1.54, 1.807) is 6.20 Å². The van der Waals surface area contributed by atoms with E-state index in [9.17, 15) is 0 Å². The number of guanidine groups is 1. The molecular weight excluding hydrogens is 384 g/mol. The summed E-state index contributed by atoms with van der Waals surface area (Å²) < 4.78 is 0. The van der Waals surface area contributed by atoms with E-state index in [0.717, 1.165) is 50.8 Å². The minimum Gasteiger partial charge on any atom is -0.361 e. The summed E-state index contributed by atoms with van der Waals surface area (Å²) >= 11 is 6.30. The maximum absolute atomic E-state index is 6.30. The second-order valence-electron chi connectivity index (χ2n) is 7.25. The number of hydrogen-bond donors (Lipinski definition) is 3. The number of hydrogen-bond acceptors (Lipinski definition) is 3. The fourth-order valence-corrected chi connectivity index (χ4v) is 4.06. The number of benzene rings is 1. The predicted octanol–water partition coefficient (Wildman–Crippen LogP) is 3.59. The van der Waals surface area contributed by atoms with Crippen LogP contribution in [0.5, 0.6) is 0 Å². The first-order chi connectivity index (χ1) is 14.2. The van der Waals surface area contributed by atoms with Crippen LogP contribution in [0.25, 0.3) is 10.9 Å². The average molecular weight is 411 g/mol. The van der Waals surface area contributed by atoms with Gasteiger partial charge in [0.25, 0.3) is 0 Å². The number of aliphatic imine (C=N–C) groups is 1. The molecule has 1 atom stereocenters. The van der Waals surface area contributed by atoms with Crippen LogP contribution in [-0.4, -0.2) is 48.1 Å². The lowest BCUT2D eigenvalue weighted by molar-refractivity contribution is 0.648. The Morgan fingerprint density at radius 2 is 2.21 bits per heavy atom. The van der Waals surface area contributed by atoms with Crippen molar-refractivity contribution < 1.29 is 0 Å². The van der Waals surface area contributed by atoms with Crippen LogP contribution in [0.15, 0.2) is 53.8 Å². The Kier molecular flexibility index (Phi) is 6.20. The lowest BCUT2D eigenvalue weighted by Gasteiger charge is -2.20. The molecule has 3 heterocycles. The van der Waals surface area contributed by atoms with Crippen molar-refractivity contribution in [3.63, 3.8) is 0 Å². The molecule has 1 saturated heterocycles. The molecule has 29 heavy (non-hydrogen) atoms. The van der Waals surface area contributed by atoms with E-state index in [4.69, 9.17) is 16.6 Å². The molecule has 7 heteroatoms. The van der Waals surface area contributed by atoms with Gasteiger partial charge in [0.05, 0.1) is 5.02 Å². The molecule has 1 unspecified atom stereocenters. The number of halogens is 1. The Balaban J connectivity index is 1.36. The van der Waals surface area contributed by atoms with Gasteiger partial charge in [-0.2, -0.15) is 0 Å². The van der Waals surface area contributed by atoms with Crippen LogP contribution in [0.2, 0.25) is 5.02 Å². The molecule has 0 amide bonds. The van der Waals surface area contributed by atoms with Crippen molar-refractivity contribution in [2.75, 3.05) is 31.1 Å². The molecule has 0 aliphatic carbocycles. The number of H-pyrrole nitrogens is 1. The summed E-state index contributed by atoms with van der Waals surface area (Å²) in [6.07, 6.45) is 5.81. The van der Waals surface area contributed by atoms with Gasteiger partial charge in [-0.15, -0.1) is 0 Å². The maximum Gasteiger partial charge on any atom is 0.191 e. The monoisotopic (exact) mass is 410 g/mol. The number of rotatable bonds is 6. The Hall–Kier alpha value is -2.73. The molecule has 0 radical (unpaired) electrons. The average Bonchev–Trinajstić information content (AvgIpc) is 3.36. The number of nitrogens with one attached hydrogen (secondary N) is 3. The molecule has 1 aromatic carbocycles. The third-order valence-electron chi connectivity index (χ3n) is 5.24. The van der Waals surface area contributed by atoms with Gasteiger partial charge in [0.15, 0.2) is 5.96 Å². The first kappa shape index (κ1) is 19.6. The first-order valence-electron chi connectivity index (χ1n) is 10.2. The zero-order valence-corrected chi connectivity index (χ0v) is 17.4. The molecule has 1 fully saturated rings. The fourth-order valence-electron chi connectivity index (χ4n) is 3.82. The number of para-hydroxylation sites is 1. The van der Waals surface area contributed by atoms with E-state index in [0.29, 0.717) is 11.1 Å². The van der Waals surface area contributed by atoms with Crippen LogP contribution in [0, 0.1) is 0 Å². The highest BCUT2D eigenvalue weighted by Crippen LogP contribution is 2.25. The van der Waals surface area contributed by atoms with Crippen LogP contribution in [0.3, 0.4) is 0 Å². The molecule has 0 saturated carbocycles. The third-order valence-corrected chi connectivity index (χ3v) is 5.53. The van der Waals surface area contributed by atoms with Gasteiger partial charge in [-0.3, -0.25) is 4.99 Å². The van der Waals surface area contributed by atoms with E-state index in [2.05, 4.69) is 62.9 Å². The number of aromatic amines is 1. The largest absolute Gasteiger partial charge is 0.361 e. The molecule has 152 valence electrons. The van der Waals surface area contributed by atoms with Gasteiger partial charge in [0, 0.05) is 55.5 Å². The number of anilines is 1. The zero-order chi connectivity index (χ0) is 20.1. The predicted molar refractivity (Wildman–Crippen MR) is 121 cm³/mol. The van der Waals surface area contributed by atoms with Crippen molar-refractivity contribution in [1.82, 2.24) is 20.6 Å². The van der Waals surface area contributed by atoms with Crippen molar-refractivity contribution in [2.24, 2.45) is 4.99 Å². The topological polar surface area (TPSA) is 68.3 Å². The summed E-state index contributed by atoms with van der Waals surface area (Å²) in [5.41, 5.74) is 2.48. The summed E-state index contributed by atoms with van der Waals surface area (Å²) in [5, 5.41) is 8.91. The smallest absolute Gasteiger partial charge is 0.191 e. The fraction of sp³-hybridized carbons (Fsp3) is 0.364. The van der Waals surface area contributed by atoms with Crippen molar-refractivity contribution >= 4 is 34.3 Å². The van der Waals surface area contributed by atoms with Gasteiger partial charge in [0.1, 0.15) is 5.82 Å². The van der Waals surface area contributed by atoms with E-state index >= 15 is 0 Å². The summed E-state index contributed by atoms with van der Waals surface area (Å²) in [6.45, 7) is 5.46. The quantitative estimate of drug-likeness (QED) is 0.429. The Morgan fingerprint density at radius 1 is 1.31 bits per heavy atom.